The molecule has 0 saturated carbocycles. The summed E-state index contributed by atoms with van der Waals surface area (Å²) in [5, 5.41) is 1.15. The highest BCUT2D eigenvalue weighted by atomic mass is 35.5. The highest BCUT2D eigenvalue weighted by Gasteiger charge is 2.37. The Labute approximate surface area is 219 Å². The van der Waals surface area contributed by atoms with Gasteiger partial charge < -0.3 is 31.4 Å². The standard InChI is InChI=1S/C27H18F4NO5.ClH/c1-34-22-5-2-14-8-21-18-11-24-23(35-13-36-24)9-15(18)6-7-32(21)12-19(14)25(22)37-26(33)17-4-3-16(28)10-20(17)27(29,30)31;/h2-5,8-12H,6-7,13H2,1H3;1H/q+1;/p-1. The lowest BCUT2D eigenvalue weighted by Gasteiger charge is -2.18. The first-order chi connectivity index (χ1) is 17.7. The normalized spacial score (nSPS) is 13.4. The third-order valence-electron chi connectivity index (χ3n) is 6.50. The van der Waals surface area contributed by atoms with Gasteiger partial charge in [-0.05, 0) is 53.4 Å². The first-order valence-corrected chi connectivity index (χ1v) is 11.3. The van der Waals surface area contributed by atoms with Crippen LogP contribution in [-0.4, -0.2) is 19.9 Å². The fraction of sp³-hybridized carbons (Fsp3) is 0.185. The fourth-order valence-corrected chi connectivity index (χ4v) is 4.74. The van der Waals surface area contributed by atoms with Crippen LogP contribution in [0.4, 0.5) is 17.6 Å². The molecule has 2 aliphatic rings. The molecule has 1 aromatic heterocycles. The summed E-state index contributed by atoms with van der Waals surface area (Å²) < 4.78 is 77.9. The SMILES string of the molecule is COc1ccc2cc3[n+](cc2c1OC(=O)c1ccc(F)cc1C(F)(F)F)CCc1cc2c(cc1-3)OCO2.[Cl-]. The average molecular weight is 548 g/mol. The zero-order valence-corrected chi connectivity index (χ0v) is 20.5. The van der Waals surface area contributed by atoms with Crippen molar-refractivity contribution in [3.05, 3.63) is 77.2 Å². The smallest absolute Gasteiger partial charge is 0.417 e. The van der Waals surface area contributed by atoms with Gasteiger partial charge in [0.2, 0.25) is 12.5 Å². The lowest BCUT2D eigenvalue weighted by atomic mass is 9.95. The van der Waals surface area contributed by atoms with Crippen molar-refractivity contribution in [1.29, 1.82) is 0 Å². The second kappa shape index (κ2) is 9.36. The Morgan fingerprint density at radius 3 is 2.53 bits per heavy atom. The number of nitrogens with zero attached hydrogens (tertiary/aromatic N) is 1. The van der Waals surface area contributed by atoms with Crippen LogP contribution in [0, 0.1) is 5.82 Å². The molecule has 0 atom stereocenters. The lowest BCUT2D eigenvalue weighted by molar-refractivity contribution is -0.686. The van der Waals surface area contributed by atoms with Crippen molar-refractivity contribution in [3.8, 4) is 34.3 Å². The van der Waals surface area contributed by atoms with Crippen LogP contribution in [0.2, 0.25) is 0 Å². The van der Waals surface area contributed by atoms with E-state index in [0.29, 0.717) is 35.2 Å². The van der Waals surface area contributed by atoms with Crippen molar-refractivity contribution >= 4 is 16.7 Å². The van der Waals surface area contributed by atoms with E-state index in [0.717, 1.165) is 29.0 Å². The Balaban J connectivity index is 0.00000294. The number of rotatable bonds is 3. The van der Waals surface area contributed by atoms with Crippen LogP contribution >= 0.6 is 0 Å². The molecule has 0 spiro atoms. The van der Waals surface area contributed by atoms with Crippen LogP contribution in [0.15, 0.2) is 54.7 Å². The van der Waals surface area contributed by atoms with Crippen LogP contribution in [0.3, 0.4) is 0 Å². The molecule has 2 aliphatic heterocycles. The van der Waals surface area contributed by atoms with Gasteiger partial charge in [0.15, 0.2) is 35.7 Å². The zero-order chi connectivity index (χ0) is 25.9. The quantitative estimate of drug-likeness (QED) is 0.171. The Morgan fingerprint density at radius 1 is 1.03 bits per heavy atom. The molecule has 38 heavy (non-hydrogen) atoms. The van der Waals surface area contributed by atoms with Gasteiger partial charge in [0, 0.05) is 12.5 Å². The van der Waals surface area contributed by atoms with Crippen molar-refractivity contribution < 1.29 is 58.3 Å². The van der Waals surface area contributed by atoms with Gasteiger partial charge >= 0.3 is 12.1 Å². The van der Waals surface area contributed by atoms with Gasteiger partial charge in [0.1, 0.15) is 5.82 Å². The Bertz CT molecular complexity index is 1610. The number of hydrogen-bond donors (Lipinski definition) is 0. The van der Waals surface area contributed by atoms with E-state index in [1.54, 1.807) is 18.3 Å². The highest BCUT2D eigenvalue weighted by molar-refractivity contribution is 5.98. The number of ether oxygens (including phenoxy) is 4. The van der Waals surface area contributed by atoms with Crippen LogP contribution in [0.25, 0.3) is 22.0 Å². The minimum atomic E-state index is -4.95. The zero-order valence-electron chi connectivity index (χ0n) is 19.7. The summed E-state index contributed by atoms with van der Waals surface area (Å²) in [5.41, 5.74) is 0.738. The van der Waals surface area contributed by atoms with E-state index in [2.05, 4.69) is 0 Å². The number of benzene rings is 3. The third-order valence-corrected chi connectivity index (χ3v) is 6.50. The van der Waals surface area contributed by atoms with Crippen LogP contribution in [-0.2, 0) is 19.1 Å². The first kappa shape index (κ1) is 25.6. The van der Waals surface area contributed by atoms with E-state index in [1.807, 2.05) is 22.8 Å². The van der Waals surface area contributed by atoms with Gasteiger partial charge in [-0.2, -0.15) is 17.7 Å². The molecule has 196 valence electrons. The maximum atomic E-state index is 13.5. The number of carbonyl (C=O) groups excluding carboxylic acids is 1. The van der Waals surface area contributed by atoms with E-state index in [9.17, 15) is 22.4 Å². The summed E-state index contributed by atoms with van der Waals surface area (Å²) in [4.78, 5) is 12.9. The topological polar surface area (TPSA) is 57.9 Å². The van der Waals surface area contributed by atoms with Gasteiger partial charge in [-0.15, -0.1) is 0 Å². The second-order valence-electron chi connectivity index (χ2n) is 8.64. The Hall–Kier alpha value is -4.05. The molecule has 0 N–H and O–H groups in total. The number of fused-ring (bicyclic) bond motifs is 5. The molecule has 0 radical (unpaired) electrons. The Morgan fingerprint density at radius 2 is 1.79 bits per heavy atom. The van der Waals surface area contributed by atoms with Gasteiger partial charge in [-0.25, -0.2) is 9.18 Å². The van der Waals surface area contributed by atoms with Crippen LogP contribution in [0.5, 0.6) is 23.0 Å². The molecule has 0 aliphatic carbocycles. The van der Waals surface area contributed by atoms with Crippen LogP contribution < -0.4 is 35.9 Å². The minimum absolute atomic E-state index is 0. The number of aromatic nitrogens is 1. The molecule has 0 unspecified atom stereocenters. The molecule has 11 heteroatoms. The predicted octanol–water partition coefficient (Wildman–Crippen LogP) is 2.47. The molecular formula is C27H18ClF4NO5. The summed E-state index contributed by atoms with van der Waals surface area (Å²) in [6, 6.07) is 10.9. The number of halogens is 5. The predicted molar refractivity (Wildman–Crippen MR) is 122 cm³/mol. The molecule has 6 rings (SSSR count). The second-order valence-corrected chi connectivity index (χ2v) is 8.64. The molecule has 3 heterocycles. The molecule has 0 bridgehead atoms. The van der Waals surface area contributed by atoms with Crippen molar-refractivity contribution in [2.75, 3.05) is 13.9 Å². The first-order valence-electron chi connectivity index (χ1n) is 11.3. The van der Waals surface area contributed by atoms with Gasteiger partial charge in [-0.3, -0.25) is 0 Å². The molecule has 0 saturated heterocycles. The highest BCUT2D eigenvalue weighted by Crippen LogP contribution is 2.42. The maximum absolute atomic E-state index is 13.5. The molecule has 0 amide bonds. The summed E-state index contributed by atoms with van der Waals surface area (Å²) in [6.07, 6.45) is -2.46. The average Bonchev–Trinajstić information content (AvgIpc) is 3.33. The van der Waals surface area contributed by atoms with Crippen LogP contribution in [0.1, 0.15) is 21.5 Å². The molecule has 6 nitrogen and oxygen atoms in total. The molecule has 0 fully saturated rings. The van der Waals surface area contributed by atoms with Crippen molar-refractivity contribution in [3.63, 3.8) is 0 Å². The summed E-state index contributed by atoms with van der Waals surface area (Å²) in [6.45, 7) is 0.771. The summed E-state index contributed by atoms with van der Waals surface area (Å²) >= 11 is 0. The number of carbonyl (C=O) groups is 1. The van der Waals surface area contributed by atoms with Crippen molar-refractivity contribution in [2.24, 2.45) is 0 Å². The minimum Gasteiger partial charge on any atom is -1.00 e. The fourth-order valence-electron chi connectivity index (χ4n) is 4.74. The lowest BCUT2D eigenvalue weighted by Crippen LogP contribution is -3.00. The van der Waals surface area contributed by atoms with E-state index in [4.69, 9.17) is 18.9 Å². The van der Waals surface area contributed by atoms with Gasteiger partial charge in [0.25, 0.3) is 0 Å². The van der Waals surface area contributed by atoms with E-state index < -0.39 is 29.1 Å². The largest absolute Gasteiger partial charge is 1.00 e. The van der Waals surface area contributed by atoms with Crippen molar-refractivity contribution in [2.45, 2.75) is 19.1 Å². The van der Waals surface area contributed by atoms with E-state index in [1.165, 1.54) is 7.11 Å². The van der Waals surface area contributed by atoms with Gasteiger partial charge in [-0.1, -0.05) is 0 Å². The number of hydrogen-bond acceptors (Lipinski definition) is 5. The number of pyridine rings is 1. The van der Waals surface area contributed by atoms with E-state index >= 15 is 0 Å². The number of esters is 1. The molecule has 4 aromatic rings. The number of alkyl halides is 3. The third kappa shape index (κ3) is 4.24. The molecular weight excluding hydrogens is 530 g/mol. The Kier molecular flexibility index (Phi) is 6.30. The van der Waals surface area contributed by atoms with Crippen molar-refractivity contribution in [1.82, 2.24) is 0 Å². The molecule has 3 aromatic carbocycles. The summed E-state index contributed by atoms with van der Waals surface area (Å²) in [7, 11) is 1.36. The van der Waals surface area contributed by atoms with E-state index in [-0.39, 0.29) is 36.8 Å². The number of aryl methyl sites for hydroxylation is 2. The maximum Gasteiger partial charge on any atom is 0.417 e. The number of methoxy groups -OCH3 is 1. The summed E-state index contributed by atoms with van der Waals surface area (Å²) in [5.74, 6) is -0.912. The van der Waals surface area contributed by atoms with Gasteiger partial charge in [0.05, 0.1) is 29.2 Å². The monoisotopic (exact) mass is 547 g/mol.